The molecule has 2 rings (SSSR count). The molecule has 0 saturated carbocycles. The van der Waals surface area contributed by atoms with Crippen LogP contribution in [0.5, 0.6) is 0 Å². The van der Waals surface area contributed by atoms with Crippen molar-refractivity contribution in [3.05, 3.63) is 32.2 Å². The molecule has 0 spiro atoms. The monoisotopic (exact) mass is 304 g/mol. The van der Waals surface area contributed by atoms with Gasteiger partial charge in [0.25, 0.3) is 0 Å². The highest BCUT2D eigenvalue weighted by atomic mass is 79.9. The molecule has 1 aromatic rings. The van der Waals surface area contributed by atoms with Gasteiger partial charge < -0.3 is 5.11 Å². The van der Waals surface area contributed by atoms with Crippen LogP contribution in [0.25, 0.3) is 0 Å². The molecule has 2 atom stereocenters. The number of fused-ring (bicyclic) bond motifs is 1. The third-order valence-corrected chi connectivity index (χ3v) is 4.04. The van der Waals surface area contributed by atoms with Gasteiger partial charge in [-0.3, -0.25) is 0 Å². The topological polar surface area (TPSA) is 20.2 Å². The molecule has 70 valence electrons. The summed E-state index contributed by atoms with van der Waals surface area (Å²) < 4.78 is 2.12. The number of hydrogen-bond acceptors (Lipinski definition) is 1. The van der Waals surface area contributed by atoms with Gasteiger partial charge >= 0.3 is 0 Å². The maximum atomic E-state index is 9.90. The number of hydrogen-bond donors (Lipinski definition) is 1. The summed E-state index contributed by atoms with van der Waals surface area (Å²) >= 11 is 6.97. The van der Waals surface area contributed by atoms with Gasteiger partial charge in [-0.2, -0.15) is 0 Å². The average Bonchev–Trinajstić information content (AvgIpc) is 2.38. The maximum absolute atomic E-state index is 9.90. The van der Waals surface area contributed by atoms with E-state index < -0.39 is 0 Å². The molecule has 0 bridgehead atoms. The van der Waals surface area contributed by atoms with Crippen LogP contribution in [0.2, 0.25) is 0 Å². The molecule has 2 unspecified atom stereocenters. The Kier molecular flexibility index (Phi) is 2.51. The quantitative estimate of drug-likeness (QED) is 0.778. The van der Waals surface area contributed by atoms with Crippen LogP contribution in [-0.4, -0.2) is 5.11 Å². The fourth-order valence-electron chi connectivity index (χ4n) is 1.85. The fraction of sp³-hybridized carbons (Fsp3) is 0.400. The van der Waals surface area contributed by atoms with E-state index in [0.29, 0.717) is 5.92 Å². The van der Waals surface area contributed by atoms with E-state index in [2.05, 4.69) is 38.8 Å². The van der Waals surface area contributed by atoms with E-state index >= 15 is 0 Å². The van der Waals surface area contributed by atoms with E-state index in [1.54, 1.807) is 0 Å². The van der Waals surface area contributed by atoms with E-state index in [0.717, 1.165) is 20.9 Å². The van der Waals surface area contributed by atoms with Crippen molar-refractivity contribution in [1.82, 2.24) is 0 Å². The van der Waals surface area contributed by atoms with Gasteiger partial charge in [-0.15, -0.1) is 0 Å². The Morgan fingerprint density at radius 3 is 2.54 bits per heavy atom. The molecular formula is C10H10Br2O. The Morgan fingerprint density at radius 2 is 1.92 bits per heavy atom. The zero-order valence-electron chi connectivity index (χ0n) is 7.22. The molecule has 1 aromatic carbocycles. The highest BCUT2D eigenvalue weighted by molar-refractivity contribution is 9.11. The summed E-state index contributed by atoms with van der Waals surface area (Å²) in [6, 6.07) is 4.00. The van der Waals surface area contributed by atoms with Crippen molar-refractivity contribution in [2.45, 2.75) is 19.4 Å². The SMILES string of the molecule is CC1Cc2c(Br)ccc(Br)c2C1O. The predicted molar refractivity (Wildman–Crippen MR) is 59.7 cm³/mol. The third-order valence-electron chi connectivity index (χ3n) is 2.61. The molecule has 0 fully saturated rings. The van der Waals surface area contributed by atoms with Crippen molar-refractivity contribution >= 4 is 31.9 Å². The number of halogens is 2. The smallest absolute Gasteiger partial charge is 0.0832 e. The van der Waals surface area contributed by atoms with E-state index in [1.807, 2.05) is 12.1 Å². The standard InChI is InChI=1S/C10H10Br2O/c1-5-4-6-7(11)2-3-8(12)9(6)10(5)13/h2-3,5,10,13H,4H2,1H3. The third kappa shape index (κ3) is 1.47. The second-order valence-electron chi connectivity index (χ2n) is 3.55. The minimum absolute atomic E-state index is 0.318. The molecule has 1 nitrogen and oxygen atoms in total. The maximum Gasteiger partial charge on any atom is 0.0832 e. The van der Waals surface area contributed by atoms with Gasteiger partial charge in [0.1, 0.15) is 0 Å². The Bertz CT molecular complexity index is 349. The molecule has 0 amide bonds. The van der Waals surface area contributed by atoms with Crippen LogP contribution in [0.4, 0.5) is 0 Å². The van der Waals surface area contributed by atoms with E-state index in [1.165, 1.54) is 5.56 Å². The summed E-state index contributed by atoms with van der Waals surface area (Å²) in [5, 5.41) is 9.90. The molecule has 3 heteroatoms. The Labute approximate surface area is 94.4 Å². The van der Waals surface area contributed by atoms with Crippen LogP contribution >= 0.6 is 31.9 Å². The van der Waals surface area contributed by atoms with E-state index in [4.69, 9.17) is 0 Å². The summed E-state index contributed by atoms with van der Waals surface area (Å²) in [6.45, 7) is 2.07. The first kappa shape index (κ1) is 9.69. The lowest BCUT2D eigenvalue weighted by Crippen LogP contribution is -2.01. The molecule has 0 saturated heterocycles. The predicted octanol–water partition coefficient (Wildman–Crippen LogP) is 3.44. The number of benzene rings is 1. The second-order valence-corrected chi connectivity index (χ2v) is 5.26. The summed E-state index contributed by atoms with van der Waals surface area (Å²) in [6.07, 6.45) is 0.637. The number of aliphatic hydroxyl groups excluding tert-OH is 1. The van der Waals surface area contributed by atoms with Crippen LogP contribution < -0.4 is 0 Å². The van der Waals surface area contributed by atoms with Crippen molar-refractivity contribution in [2.24, 2.45) is 5.92 Å². The van der Waals surface area contributed by atoms with Gasteiger partial charge in [0.15, 0.2) is 0 Å². The molecule has 13 heavy (non-hydrogen) atoms. The highest BCUT2D eigenvalue weighted by Crippen LogP contribution is 2.43. The van der Waals surface area contributed by atoms with Gasteiger partial charge in [0.05, 0.1) is 6.10 Å². The molecule has 0 radical (unpaired) electrons. The van der Waals surface area contributed by atoms with Gasteiger partial charge in [0, 0.05) is 8.95 Å². The van der Waals surface area contributed by atoms with Crippen molar-refractivity contribution in [3.63, 3.8) is 0 Å². The summed E-state index contributed by atoms with van der Waals surface area (Å²) in [5.41, 5.74) is 2.30. The van der Waals surface area contributed by atoms with Crippen molar-refractivity contribution in [1.29, 1.82) is 0 Å². The molecule has 1 aliphatic carbocycles. The average molecular weight is 306 g/mol. The molecule has 0 heterocycles. The van der Waals surface area contributed by atoms with E-state index in [-0.39, 0.29) is 6.10 Å². The zero-order valence-corrected chi connectivity index (χ0v) is 10.4. The lowest BCUT2D eigenvalue weighted by molar-refractivity contribution is 0.132. The van der Waals surface area contributed by atoms with Crippen molar-refractivity contribution in [2.75, 3.05) is 0 Å². The largest absolute Gasteiger partial charge is 0.388 e. The molecule has 1 N–H and O–H groups in total. The van der Waals surface area contributed by atoms with Crippen LogP contribution in [0, 0.1) is 5.92 Å². The Hall–Kier alpha value is 0.140. The minimum atomic E-state index is -0.318. The lowest BCUT2D eigenvalue weighted by Gasteiger charge is -2.10. The first-order valence-electron chi connectivity index (χ1n) is 4.26. The Morgan fingerprint density at radius 1 is 1.31 bits per heavy atom. The molecule has 0 aliphatic heterocycles. The Balaban J connectivity index is 2.61. The first-order chi connectivity index (χ1) is 6.11. The minimum Gasteiger partial charge on any atom is -0.388 e. The van der Waals surface area contributed by atoms with Crippen molar-refractivity contribution in [3.8, 4) is 0 Å². The van der Waals surface area contributed by atoms with E-state index in [9.17, 15) is 5.11 Å². The summed E-state index contributed by atoms with van der Waals surface area (Å²) in [4.78, 5) is 0. The van der Waals surface area contributed by atoms with Gasteiger partial charge in [0.2, 0.25) is 0 Å². The van der Waals surface area contributed by atoms with Gasteiger partial charge in [-0.25, -0.2) is 0 Å². The van der Waals surface area contributed by atoms with Crippen LogP contribution in [-0.2, 0) is 6.42 Å². The van der Waals surface area contributed by atoms with Crippen molar-refractivity contribution < 1.29 is 5.11 Å². The second kappa shape index (κ2) is 3.37. The summed E-state index contributed by atoms with van der Waals surface area (Å²) in [7, 11) is 0. The normalized spacial score (nSPS) is 26.2. The number of rotatable bonds is 0. The first-order valence-corrected chi connectivity index (χ1v) is 5.84. The summed E-state index contributed by atoms with van der Waals surface area (Å²) in [5.74, 6) is 0.324. The van der Waals surface area contributed by atoms with Crippen LogP contribution in [0.3, 0.4) is 0 Å². The number of aliphatic hydroxyl groups is 1. The zero-order chi connectivity index (χ0) is 9.59. The fourth-order valence-corrected chi connectivity index (χ4v) is 2.97. The lowest BCUT2D eigenvalue weighted by atomic mass is 10.1. The van der Waals surface area contributed by atoms with Crippen LogP contribution in [0.1, 0.15) is 24.2 Å². The van der Waals surface area contributed by atoms with Gasteiger partial charge in [-0.05, 0) is 35.6 Å². The van der Waals surface area contributed by atoms with Gasteiger partial charge in [-0.1, -0.05) is 38.8 Å². The molecule has 1 aliphatic rings. The van der Waals surface area contributed by atoms with Crippen LogP contribution in [0.15, 0.2) is 21.1 Å². The highest BCUT2D eigenvalue weighted by Gasteiger charge is 2.30. The molecular weight excluding hydrogens is 296 g/mol. The molecule has 0 aromatic heterocycles.